The summed E-state index contributed by atoms with van der Waals surface area (Å²) in [6.45, 7) is 0. The van der Waals surface area contributed by atoms with E-state index in [2.05, 4.69) is 5.32 Å². The van der Waals surface area contributed by atoms with Crippen LogP contribution in [0.4, 0.5) is 0 Å². The van der Waals surface area contributed by atoms with E-state index in [0.29, 0.717) is 0 Å². The van der Waals surface area contributed by atoms with E-state index in [1.165, 1.54) is 0 Å². The van der Waals surface area contributed by atoms with E-state index < -0.39 is 0 Å². The van der Waals surface area contributed by atoms with E-state index >= 15 is 0 Å². The van der Waals surface area contributed by atoms with Gasteiger partial charge in [-0.05, 0) is 38.0 Å². The molecule has 1 fully saturated rings. The number of rotatable bonds is 5. The molecule has 94 valence electrons. The highest BCUT2D eigenvalue weighted by Crippen LogP contribution is 2.28. The third-order valence-electron chi connectivity index (χ3n) is 3.53. The largest absolute Gasteiger partial charge is 0.393 e. The first-order valence-corrected chi connectivity index (χ1v) is 6.28. The minimum atomic E-state index is -0.362. The van der Waals surface area contributed by atoms with Crippen molar-refractivity contribution < 1.29 is 9.90 Å². The fourth-order valence-corrected chi connectivity index (χ4v) is 2.38. The predicted octanol–water partition coefficient (Wildman–Crippen LogP) is 0.781. The first-order valence-electron chi connectivity index (χ1n) is 6.28. The molecule has 0 aromatic carbocycles. The van der Waals surface area contributed by atoms with Gasteiger partial charge in [0.15, 0.2) is 0 Å². The van der Waals surface area contributed by atoms with E-state index in [1.54, 1.807) is 7.05 Å². The van der Waals surface area contributed by atoms with Gasteiger partial charge in [-0.25, -0.2) is 0 Å². The van der Waals surface area contributed by atoms with E-state index in [4.69, 9.17) is 5.73 Å². The summed E-state index contributed by atoms with van der Waals surface area (Å²) in [5, 5.41) is 11.9. The summed E-state index contributed by atoms with van der Waals surface area (Å²) in [4.78, 5) is 11.2. The van der Waals surface area contributed by atoms with Crippen LogP contribution in [0.25, 0.3) is 0 Å². The first-order chi connectivity index (χ1) is 7.63. The quantitative estimate of drug-likeness (QED) is 0.651. The average Bonchev–Trinajstić information content (AvgIpc) is 2.30. The van der Waals surface area contributed by atoms with Gasteiger partial charge in [0.1, 0.15) is 0 Å². The van der Waals surface area contributed by atoms with Gasteiger partial charge in [0.2, 0.25) is 5.91 Å². The lowest BCUT2D eigenvalue weighted by Crippen LogP contribution is -2.38. The SMILES string of the molecule is CNC(=O)[C@@H](N)CCCC1CCC(O)CC1. The van der Waals surface area contributed by atoms with Gasteiger partial charge in [-0.1, -0.05) is 12.8 Å². The minimum Gasteiger partial charge on any atom is -0.393 e. The molecular formula is C12H24N2O2. The number of aliphatic hydroxyl groups excluding tert-OH is 1. The van der Waals surface area contributed by atoms with Crippen LogP contribution in [0.5, 0.6) is 0 Å². The molecule has 4 heteroatoms. The monoisotopic (exact) mass is 228 g/mol. The second-order valence-corrected chi connectivity index (χ2v) is 4.83. The van der Waals surface area contributed by atoms with E-state index in [0.717, 1.165) is 50.9 Å². The molecule has 1 atom stereocenters. The molecule has 0 aromatic heterocycles. The van der Waals surface area contributed by atoms with Gasteiger partial charge in [0.05, 0.1) is 12.1 Å². The van der Waals surface area contributed by atoms with Gasteiger partial charge >= 0.3 is 0 Å². The van der Waals surface area contributed by atoms with Crippen molar-refractivity contribution in [2.24, 2.45) is 11.7 Å². The van der Waals surface area contributed by atoms with Crippen LogP contribution in [-0.4, -0.2) is 30.2 Å². The number of nitrogens with two attached hydrogens (primary N) is 1. The Morgan fingerprint density at radius 1 is 1.44 bits per heavy atom. The Labute approximate surface area is 97.6 Å². The maximum absolute atomic E-state index is 11.2. The first kappa shape index (κ1) is 13.5. The van der Waals surface area contributed by atoms with Crippen LogP contribution in [-0.2, 0) is 4.79 Å². The van der Waals surface area contributed by atoms with Crippen LogP contribution in [0.2, 0.25) is 0 Å². The lowest BCUT2D eigenvalue weighted by molar-refractivity contribution is -0.122. The number of likely N-dealkylation sites (N-methyl/N-ethyl adjacent to an activating group) is 1. The molecule has 0 bridgehead atoms. The molecule has 0 aromatic rings. The predicted molar refractivity (Wildman–Crippen MR) is 63.9 cm³/mol. The number of carbonyl (C=O) groups is 1. The van der Waals surface area contributed by atoms with Crippen LogP contribution in [0, 0.1) is 5.92 Å². The molecule has 4 N–H and O–H groups in total. The maximum Gasteiger partial charge on any atom is 0.236 e. The second kappa shape index (κ2) is 6.86. The highest BCUT2D eigenvalue weighted by Gasteiger charge is 2.19. The fourth-order valence-electron chi connectivity index (χ4n) is 2.38. The molecule has 0 radical (unpaired) electrons. The molecule has 0 aliphatic heterocycles. The minimum absolute atomic E-state index is 0.0703. The Bertz CT molecular complexity index is 213. The van der Waals surface area contributed by atoms with Crippen molar-refractivity contribution in [2.75, 3.05) is 7.05 Å². The average molecular weight is 228 g/mol. The van der Waals surface area contributed by atoms with Crippen LogP contribution in [0.3, 0.4) is 0 Å². The molecule has 1 aliphatic rings. The summed E-state index contributed by atoms with van der Waals surface area (Å²) >= 11 is 0. The summed E-state index contributed by atoms with van der Waals surface area (Å²) in [6.07, 6.45) is 6.95. The van der Waals surface area contributed by atoms with Crippen molar-refractivity contribution in [3.8, 4) is 0 Å². The number of amides is 1. The molecule has 0 unspecified atom stereocenters. The van der Waals surface area contributed by atoms with E-state index in [1.807, 2.05) is 0 Å². The summed E-state index contributed by atoms with van der Waals surface area (Å²) in [5.41, 5.74) is 5.71. The lowest BCUT2D eigenvalue weighted by Gasteiger charge is -2.25. The van der Waals surface area contributed by atoms with E-state index in [9.17, 15) is 9.90 Å². The maximum atomic E-state index is 11.2. The van der Waals surface area contributed by atoms with Crippen molar-refractivity contribution in [2.45, 2.75) is 57.1 Å². The zero-order valence-electron chi connectivity index (χ0n) is 10.1. The lowest BCUT2D eigenvalue weighted by atomic mass is 9.84. The van der Waals surface area contributed by atoms with Crippen LogP contribution >= 0.6 is 0 Å². The number of carbonyl (C=O) groups excluding carboxylic acids is 1. The summed E-state index contributed by atoms with van der Waals surface area (Å²) in [5.74, 6) is 0.652. The molecule has 0 spiro atoms. The number of hydrogen-bond donors (Lipinski definition) is 3. The number of nitrogens with one attached hydrogen (secondary N) is 1. The normalized spacial score (nSPS) is 27.4. The van der Waals surface area contributed by atoms with Gasteiger partial charge in [-0.2, -0.15) is 0 Å². The molecule has 4 nitrogen and oxygen atoms in total. The third kappa shape index (κ3) is 4.49. The zero-order valence-corrected chi connectivity index (χ0v) is 10.1. The fraction of sp³-hybridized carbons (Fsp3) is 0.917. The zero-order chi connectivity index (χ0) is 12.0. The molecule has 0 heterocycles. The highest BCUT2D eigenvalue weighted by molar-refractivity contribution is 5.81. The topological polar surface area (TPSA) is 75.4 Å². The van der Waals surface area contributed by atoms with Crippen LogP contribution in [0.1, 0.15) is 44.9 Å². The van der Waals surface area contributed by atoms with Crippen molar-refractivity contribution >= 4 is 5.91 Å². The Balaban J connectivity index is 2.09. The summed E-state index contributed by atoms with van der Waals surface area (Å²) in [6, 6.07) is -0.362. The smallest absolute Gasteiger partial charge is 0.236 e. The molecular weight excluding hydrogens is 204 g/mol. The molecule has 1 aliphatic carbocycles. The number of aliphatic hydroxyl groups is 1. The van der Waals surface area contributed by atoms with E-state index in [-0.39, 0.29) is 18.1 Å². The second-order valence-electron chi connectivity index (χ2n) is 4.83. The Hall–Kier alpha value is -0.610. The van der Waals surface area contributed by atoms with Crippen LogP contribution in [0.15, 0.2) is 0 Å². The Kier molecular flexibility index (Phi) is 5.77. The van der Waals surface area contributed by atoms with Crippen molar-refractivity contribution in [3.63, 3.8) is 0 Å². The number of hydrogen-bond acceptors (Lipinski definition) is 3. The van der Waals surface area contributed by atoms with Gasteiger partial charge in [0.25, 0.3) is 0 Å². The van der Waals surface area contributed by atoms with Crippen LogP contribution < -0.4 is 11.1 Å². The molecule has 1 saturated carbocycles. The summed E-state index contributed by atoms with van der Waals surface area (Å²) < 4.78 is 0. The van der Waals surface area contributed by atoms with Gasteiger partial charge < -0.3 is 16.2 Å². The van der Waals surface area contributed by atoms with Crippen molar-refractivity contribution in [1.29, 1.82) is 0 Å². The molecule has 0 saturated heterocycles. The molecule has 1 rings (SSSR count). The third-order valence-corrected chi connectivity index (χ3v) is 3.53. The standard InChI is InChI=1S/C12H24N2O2/c1-14-12(16)11(13)4-2-3-9-5-7-10(15)8-6-9/h9-11,15H,2-8,13H2,1H3,(H,14,16)/t9?,10?,11-/m0/s1. The summed E-state index contributed by atoms with van der Waals surface area (Å²) in [7, 11) is 1.62. The highest BCUT2D eigenvalue weighted by atomic mass is 16.3. The Morgan fingerprint density at radius 3 is 2.62 bits per heavy atom. The van der Waals surface area contributed by atoms with Gasteiger partial charge in [-0.3, -0.25) is 4.79 Å². The Morgan fingerprint density at radius 2 is 2.06 bits per heavy atom. The van der Waals surface area contributed by atoms with Gasteiger partial charge in [-0.15, -0.1) is 0 Å². The molecule has 16 heavy (non-hydrogen) atoms. The van der Waals surface area contributed by atoms with Gasteiger partial charge in [0, 0.05) is 7.05 Å². The van der Waals surface area contributed by atoms with Crippen molar-refractivity contribution in [1.82, 2.24) is 5.32 Å². The molecule has 1 amide bonds. The van der Waals surface area contributed by atoms with Crippen molar-refractivity contribution in [3.05, 3.63) is 0 Å².